The van der Waals surface area contributed by atoms with Crippen molar-refractivity contribution in [1.29, 1.82) is 0 Å². The van der Waals surface area contributed by atoms with Crippen LogP contribution in [-0.4, -0.2) is 20.1 Å². The molecule has 2 nitrogen and oxygen atoms in total. The summed E-state index contributed by atoms with van der Waals surface area (Å²) >= 11 is 6.41. The average molecular weight is 267 g/mol. The second kappa shape index (κ2) is 5.94. The molecule has 2 unspecified atom stereocenters. The highest BCUT2D eigenvalue weighted by atomic mass is 35.5. The van der Waals surface area contributed by atoms with Crippen molar-refractivity contribution in [3.63, 3.8) is 0 Å². The van der Waals surface area contributed by atoms with E-state index in [4.69, 9.17) is 11.6 Å². The Labute approximate surface area is 115 Å². The van der Waals surface area contributed by atoms with Gasteiger partial charge in [-0.25, -0.2) is 0 Å². The van der Waals surface area contributed by atoms with Crippen molar-refractivity contribution < 1.29 is 0 Å². The van der Waals surface area contributed by atoms with E-state index in [1.54, 1.807) is 0 Å². The minimum atomic E-state index is 0.734. The molecular weight excluding hydrogens is 244 g/mol. The largest absolute Gasteiger partial charge is 0.370 e. The molecule has 0 saturated carbocycles. The van der Waals surface area contributed by atoms with Crippen molar-refractivity contribution >= 4 is 17.3 Å². The Morgan fingerprint density at radius 2 is 2.11 bits per heavy atom. The molecule has 0 aromatic heterocycles. The van der Waals surface area contributed by atoms with Gasteiger partial charge >= 0.3 is 0 Å². The second-order valence-corrected chi connectivity index (χ2v) is 5.87. The Balaban J connectivity index is 2.26. The number of piperidine rings is 1. The molecule has 1 fully saturated rings. The van der Waals surface area contributed by atoms with Crippen LogP contribution < -0.4 is 10.2 Å². The van der Waals surface area contributed by atoms with Gasteiger partial charge in [-0.15, -0.1) is 0 Å². The molecule has 1 aliphatic rings. The third kappa shape index (κ3) is 2.81. The lowest BCUT2D eigenvalue weighted by Crippen LogP contribution is -2.39. The molecule has 1 aliphatic heterocycles. The molecule has 18 heavy (non-hydrogen) atoms. The Bertz CT molecular complexity index is 405. The van der Waals surface area contributed by atoms with E-state index in [9.17, 15) is 0 Å². The summed E-state index contributed by atoms with van der Waals surface area (Å²) in [5.41, 5.74) is 2.53. The summed E-state index contributed by atoms with van der Waals surface area (Å²) < 4.78 is 0. The SMILES string of the molecule is CNCc1cccc(Cl)c1N1CCC(C)C(C)C1. The van der Waals surface area contributed by atoms with Crippen LogP contribution in [-0.2, 0) is 6.54 Å². The van der Waals surface area contributed by atoms with Gasteiger partial charge in [0.05, 0.1) is 10.7 Å². The third-order valence-electron chi connectivity index (χ3n) is 4.09. The summed E-state index contributed by atoms with van der Waals surface area (Å²) in [7, 11) is 1.98. The average Bonchev–Trinajstić information content (AvgIpc) is 2.34. The lowest BCUT2D eigenvalue weighted by molar-refractivity contribution is 0.323. The van der Waals surface area contributed by atoms with E-state index >= 15 is 0 Å². The van der Waals surface area contributed by atoms with Crippen LogP contribution >= 0.6 is 11.6 Å². The van der Waals surface area contributed by atoms with Crippen molar-refractivity contribution in [3.8, 4) is 0 Å². The summed E-state index contributed by atoms with van der Waals surface area (Å²) in [6.45, 7) is 7.79. The topological polar surface area (TPSA) is 15.3 Å². The molecule has 0 radical (unpaired) electrons. The van der Waals surface area contributed by atoms with Crippen molar-refractivity contribution in [2.75, 3.05) is 25.0 Å². The maximum atomic E-state index is 6.41. The van der Waals surface area contributed by atoms with Gasteiger partial charge in [0.1, 0.15) is 0 Å². The number of nitrogens with zero attached hydrogens (tertiary/aromatic N) is 1. The zero-order valence-corrected chi connectivity index (χ0v) is 12.3. The minimum Gasteiger partial charge on any atom is -0.370 e. The quantitative estimate of drug-likeness (QED) is 0.900. The van der Waals surface area contributed by atoms with Crippen LogP contribution in [0.5, 0.6) is 0 Å². The molecular formula is C15H23ClN2. The summed E-state index contributed by atoms with van der Waals surface area (Å²) in [5, 5.41) is 4.10. The first-order valence-corrected chi connectivity index (χ1v) is 7.18. The zero-order chi connectivity index (χ0) is 13.1. The van der Waals surface area contributed by atoms with Gasteiger partial charge in [-0.3, -0.25) is 0 Å². The number of halogens is 1. The van der Waals surface area contributed by atoms with Crippen LogP contribution in [0.25, 0.3) is 0 Å². The normalized spacial score (nSPS) is 24.3. The maximum Gasteiger partial charge on any atom is 0.0642 e. The van der Waals surface area contributed by atoms with Crippen LogP contribution in [0, 0.1) is 11.8 Å². The molecule has 0 aliphatic carbocycles. The molecule has 1 aromatic carbocycles. The van der Waals surface area contributed by atoms with E-state index in [1.807, 2.05) is 19.2 Å². The number of benzene rings is 1. The first kappa shape index (κ1) is 13.7. The zero-order valence-electron chi connectivity index (χ0n) is 11.5. The summed E-state index contributed by atoms with van der Waals surface area (Å²) in [6, 6.07) is 6.20. The van der Waals surface area contributed by atoms with E-state index in [2.05, 4.69) is 30.1 Å². The smallest absolute Gasteiger partial charge is 0.0642 e. The van der Waals surface area contributed by atoms with E-state index in [0.29, 0.717) is 0 Å². The third-order valence-corrected chi connectivity index (χ3v) is 4.39. The van der Waals surface area contributed by atoms with E-state index in [0.717, 1.165) is 36.5 Å². The van der Waals surface area contributed by atoms with Gasteiger partial charge in [0.15, 0.2) is 0 Å². The highest BCUT2D eigenvalue weighted by Crippen LogP contribution is 2.34. The highest BCUT2D eigenvalue weighted by Gasteiger charge is 2.25. The summed E-state index contributed by atoms with van der Waals surface area (Å²) in [6.07, 6.45) is 1.26. The Morgan fingerprint density at radius 3 is 2.78 bits per heavy atom. The van der Waals surface area contributed by atoms with Gasteiger partial charge in [0, 0.05) is 19.6 Å². The lowest BCUT2D eigenvalue weighted by atomic mass is 9.88. The van der Waals surface area contributed by atoms with Crippen LogP contribution in [0.3, 0.4) is 0 Å². The Hall–Kier alpha value is -0.730. The fraction of sp³-hybridized carbons (Fsp3) is 0.600. The fourth-order valence-electron chi connectivity index (χ4n) is 2.71. The van der Waals surface area contributed by atoms with E-state index in [1.165, 1.54) is 17.7 Å². The number of para-hydroxylation sites is 1. The van der Waals surface area contributed by atoms with Crippen molar-refractivity contribution in [2.45, 2.75) is 26.8 Å². The van der Waals surface area contributed by atoms with Gasteiger partial charge in [-0.2, -0.15) is 0 Å². The lowest BCUT2D eigenvalue weighted by Gasteiger charge is -2.38. The molecule has 0 bridgehead atoms. The van der Waals surface area contributed by atoms with Crippen LogP contribution in [0.4, 0.5) is 5.69 Å². The minimum absolute atomic E-state index is 0.734. The molecule has 2 rings (SSSR count). The van der Waals surface area contributed by atoms with Crippen molar-refractivity contribution in [2.24, 2.45) is 11.8 Å². The van der Waals surface area contributed by atoms with Gasteiger partial charge in [0.25, 0.3) is 0 Å². The molecule has 3 heteroatoms. The molecule has 0 amide bonds. The standard InChI is InChI=1S/C15H23ClN2/c1-11-7-8-18(10-12(11)2)15-13(9-17-3)5-4-6-14(15)16/h4-6,11-12,17H,7-10H2,1-3H3. The monoisotopic (exact) mass is 266 g/mol. The molecule has 100 valence electrons. The number of rotatable bonds is 3. The van der Waals surface area contributed by atoms with Gasteiger partial charge in [-0.05, 0) is 36.9 Å². The molecule has 1 saturated heterocycles. The predicted octanol–water partition coefficient (Wildman–Crippen LogP) is 3.54. The van der Waals surface area contributed by atoms with Crippen LogP contribution in [0.15, 0.2) is 18.2 Å². The van der Waals surface area contributed by atoms with Crippen LogP contribution in [0.1, 0.15) is 25.8 Å². The Kier molecular flexibility index (Phi) is 4.52. The van der Waals surface area contributed by atoms with Crippen molar-refractivity contribution in [3.05, 3.63) is 28.8 Å². The van der Waals surface area contributed by atoms with Gasteiger partial charge in [-0.1, -0.05) is 37.6 Å². The Morgan fingerprint density at radius 1 is 1.33 bits per heavy atom. The second-order valence-electron chi connectivity index (χ2n) is 5.47. The maximum absolute atomic E-state index is 6.41. The fourth-order valence-corrected chi connectivity index (χ4v) is 3.03. The van der Waals surface area contributed by atoms with Crippen molar-refractivity contribution in [1.82, 2.24) is 5.32 Å². The number of anilines is 1. The molecule has 1 heterocycles. The molecule has 1 N–H and O–H groups in total. The van der Waals surface area contributed by atoms with Gasteiger partial charge in [0.2, 0.25) is 0 Å². The number of hydrogen-bond donors (Lipinski definition) is 1. The van der Waals surface area contributed by atoms with Gasteiger partial charge < -0.3 is 10.2 Å². The van der Waals surface area contributed by atoms with E-state index < -0.39 is 0 Å². The first-order chi connectivity index (χ1) is 8.63. The van der Waals surface area contributed by atoms with E-state index in [-0.39, 0.29) is 0 Å². The number of nitrogens with one attached hydrogen (secondary N) is 1. The molecule has 0 spiro atoms. The molecule has 1 aromatic rings. The van der Waals surface area contributed by atoms with Crippen LogP contribution in [0.2, 0.25) is 5.02 Å². The molecule has 2 atom stereocenters. The summed E-state index contributed by atoms with van der Waals surface area (Å²) in [5.74, 6) is 1.55. The predicted molar refractivity (Wildman–Crippen MR) is 79.4 cm³/mol. The highest BCUT2D eigenvalue weighted by molar-refractivity contribution is 6.33. The first-order valence-electron chi connectivity index (χ1n) is 6.80. The number of hydrogen-bond acceptors (Lipinski definition) is 2. The summed E-state index contributed by atoms with van der Waals surface area (Å²) in [4.78, 5) is 2.46.